The molecule has 1 N–H and O–H groups in total. The fraction of sp³-hybridized carbons (Fsp3) is 0.167. The zero-order valence-electron chi connectivity index (χ0n) is 16.6. The first-order chi connectivity index (χ1) is 13.6. The lowest BCUT2D eigenvalue weighted by Crippen LogP contribution is -2.33. The number of hydrogen-bond acceptors (Lipinski definition) is 1. The van der Waals surface area contributed by atoms with Crippen LogP contribution < -0.4 is 9.88 Å². The topological polar surface area (TPSA) is 37.9 Å². The van der Waals surface area contributed by atoms with Crippen LogP contribution in [0.2, 0.25) is 0 Å². The molecule has 0 aliphatic carbocycles. The molecule has 0 radical (unpaired) electrons. The van der Waals surface area contributed by atoms with E-state index in [1.165, 1.54) is 5.56 Å². The zero-order chi connectivity index (χ0) is 19.5. The number of carbonyl (C=O) groups excluding carboxylic acids is 1. The highest BCUT2D eigenvalue weighted by molar-refractivity contribution is 14.0. The van der Waals surface area contributed by atoms with Gasteiger partial charge in [0, 0.05) is 5.69 Å². The summed E-state index contributed by atoms with van der Waals surface area (Å²) in [5, 5.41) is 3.03. The highest BCUT2D eigenvalue weighted by Gasteiger charge is 2.18. The summed E-state index contributed by atoms with van der Waals surface area (Å²) in [5.41, 5.74) is 6.52. The maximum Gasteiger partial charge on any atom is 0.266 e. The van der Waals surface area contributed by atoms with Gasteiger partial charge in [0.05, 0.1) is 0 Å². The summed E-state index contributed by atoms with van der Waals surface area (Å²) < 4.78 is 4.20. The van der Waals surface area contributed by atoms with Gasteiger partial charge in [-0.25, -0.2) is 9.13 Å². The lowest BCUT2D eigenvalue weighted by atomic mass is 10.1. The molecule has 0 atom stereocenters. The molecule has 0 spiro atoms. The number of carbonyl (C=O) groups is 1. The monoisotopic (exact) mass is 498 g/mol. The van der Waals surface area contributed by atoms with Crippen molar-refractivity contribution in [3.63, 3.8) is 0 Å². The first kappa shape index (κ1) is 21.0. The van der Waals surface area contributed by atoms with E-state index in [4.69, 9.17) is 0 Å². The lowest BCUT2D eigenvalue weighted by molar-refractivity contribution is -0.663. The summed E-state index contributed by atoms with van der Waals surface area (Å²) in [6, 6.07) is 24.6. The van der Waals surface area contributed by atoms with Crippen LogP contribution in [0.3, 0.4) is 0 Å². The maximum absolute atomic E-state index is 12.7. The van der Waals surface area contributed by atoms with Crippen molar-refractivity contribution in [2.24, 2.45) is 0 Å². The van der Waals surface area contributed by atoms with Gasteiger partial charge in [0.15, 0.2) is 17.6 Å². The van der Waals surface area contributed by atoms with Crippen molar-refractivity contribution in [2.45, 2.75) is 26.9 Å². The van der Waals surface area contributed by atoms with Gasteiger partial charge in [-0.1, -0.05) is 48.5 Å². The number of anilines is 1. The number of nitrogens with zero attached hydrogens (tertiary/aromatic N) is 2. The van der Waals surface area contributed by atoms with E-state index in [0.717, 1.165) is 34.4 Å². The van der Waals surface area contributed by atoms with Crippen LogP contribution in [-0.4, -0.2) is 10.5 Å². The van der Waals surface area contributed by atoms with Gasteiger partial charge < -0.3 is 5.32 Å². The van der Waals surface area contributed by atoms with Gasteiger partial charge in [0.2, 0.25) is 6.33 Å². The molecular weight excluding hydrogens is 473 g/mol. The van der Waals surface area contributed by atoms with Gasteiger partial charge in [0.25, 0.3) is 5.91 Å². The molecule has 5 heteroatoms. The zero-order valence-corrected chi connectivity index (χ0v) is 19.0. The summed E-state index contributed by atoms with van der Waals surface area (Å²) in [6.07, 6.45) is 2.03. The molecule has 3 aromatic carbocycles. The average Bonchev–Trinajstić information content (AvgIpc) is 2.99. The Morgan fingerprint density at radius 3 is 2.31 bits per heavy atom. The van der Waals surface area contributed by atoms with Gasteiger partial charge in [-0.2, -0.15) is 0 Å². The van der Waals surface area contributed by atoms with Crippen molar-refractivity contribution < 1.29 is 9.36 Å². The first-order valence-corrected chi connectivity index (χ1v) is 9.48. The minimum Gasteiger partial charge on any atom is -0.323 e. The molecule has 1 aromatic heterocycles. The van der Waals surface area contributed by atoms with Crippen LogP contribution in [0.1, 0.15) is 16.7 Å². The van der Waals surface area contributed by atoms with Crippen LogP contribution in [0.4, 0.5) is 5.69 Å². The molecule has 0 aliphatic rings. The van der Waals surface area contributed by atoms with Crippen molar-refractivity contribution in [3.05, 3.63) is 95.8 Å². The molecule has 4 rings (SSSR count). The number of aromatic nitrogens is 2. The number of fused-ring (bicyclic) bond motifs is 1. The SMILES string of the molecule is Cc1cc(C)cc(NC(=O)Cn2c[n+](Cc3ccccc3)c3ccccc32)c1.I. The Kier molecular flexibility index (Phi) is 6.69. The first-order valence-electron chi connectivity index (χ1n) is 9.48. The summed E-state index contributed by atoms with van der Waals surface area (Å²) in [4.78, 5) is 12.7. The molecule has 0 bridgehead atoms. The van der Waals surface area contributed by atoms with E-state index >= 15 is 0 Å². The second kappa shape index (κ2) is 9.22. The van der Waals surface area contributed by atoms with E-state index in [-0.39, 0.29) is 36.4 Å². The largest absolute Gasteiger partial charge is 0.323 e. The lowest BCUT2D eigenvalue weighted by Gasteiger charge is -2.06. The molecule has 0 saturated heterocycles. The third-order valence-electron chi connectivity index (χ3n) is 4.79. The predicted octanol–water partition coefficient (Wildman–Crippen LogP) is 4.85. The quantitative estimate of drug-likeness (QED) is 0.310. The van der Waals surface area contributed by atoms with E-state index in [9.17, 15) is 4.79 Å². The number of para-hydroxylation sites is 2. The van der Waals surface area contributed by atoms with Gasteiger partial charge in [-0.05, 0) is 54.8 Å². The Bertz CT molecular complexity index is 1120. The van der Waals surface area contributed by atoms with Gasteiger partial charge >= 0.3 is 0 Å². The molecule has 0 fully saturated rings. The molecular formula is C24H25IN3O+. The van der Waals surface area contributed by atoms with E-state index in [1.807, 2.05) is 67.2 Å². The Balaban J connectivity index is 0.00000240. The highest BCUT2D eigenvalue weighted by atomic mass is 127. The summed E-state index contributed by atoms with van der Waals surface area (Å²) >= 11 is 0. The van der Waals surface area contributed by atoms with Crippen molar-refractivity contribution in [2.75, 3.05) is 5.32 Å². The number of amides is 1. The standard InChI is InChI=1S/C24H23N3O.HI/c1-18-12-19(2)14-21(13-18)25-24(28)16-27-17-26(15-20-8-4-3-5-9-20)22-10-6-7-11-23(22)27;/h3-14,17H,15-16H2,1-2H3;1H/p+1. The maximum atomic E-state index is 12.7. The third kappa shape index (κ3) is 5.03. The molecule has 4 aromatic rings. The summed E-state index contributed by atoms with van der Waals surface area (Å²) in [7, 11) is 0. The average molecular weight is 498 g/mol. The minimum absolute atomic E-state index is 0. The van der Waals surface area contributed by atoms with E-state index < -0.39 is 0 Å². The van der Waals surface area contributed by atoms with Gasteiger partial charge in [0.1, 0.15) is 6.54 Å². The van der Waals surface area contributed by atoms with Crippen LogP contribution in [0.5, 0.6) is 0 Å². The fourth-order valence-corrected chi connectivity index (χ4v) is 3.68. The highest BCUT2D eigenvalue weighted by Crippen LogP contribution is 2.15. The number of nitrogens with one attached hydrogen (secondary N) is 1. The molecule has 1 heterocycles. The molecule has 4 nitrogen and oxygen atoms in total. The van der Waals surface area contributed by atoms with Crippen molar-refractivity contribution in [1.82, 2.24) is 4.57 Å². The molecule has 29 heavy (non-hydrogen) atoms. The number of rotatable bonds is 5. The predicted molar refractivity (Wildman–Crippen MR) is 128 cm³/mol. The van der Waals surface area contributed by atoms with Crippen LogP contribution in [0.15, 0.2) is 79.1 Å². The van der Waals surface area contributed by atoms with Crippen LogP contribution in [-0.2, 0) is 17.9 Å². The number of aryl methyl sites for hydroxylation is 2. The minimum atomic E-state index is -0.0300. The smallest absolute Gasteiger partial charge is 0.266 e. The van der Waals surface area contributed by atoms with Gasteiger partial charge in [-0.15, -0.1) is 24.0 Å². The Morgan fingerprint density at radius 2 is 1.59 bits per heavy atom. The fourth-order valence-electron chi connectivity index (χ4n) is 3.68. The molecule has 0 aliphatic heterocycles. The Morgan fingerprint density at radius 1 is 0.931 bits per heavy atom. The second-order valence-corrected chi connectivity index (χ2v) is 7.27. The number of benzene rings is 3. The van der Waals surface area contributed by atoms with Crippen molar-refractivity contribution in [1.29, 1.82) is 0 Å². The molecule has 0 saturated carbocycles. The van der Waals surface area contributed by atoms with E-state index in [1.54, 1.807) is 0 Å². The van der Waals surface area contributed by atoms with Crippen LogP contribution >= 0.6 is 24.0 Å². The number of hydrogen-bond donors (Lipinski definition) is 1. The third-order valence-corrected chi connectivity index (χ3v) is 4.79. The molecule has 1 amide bonds. The number of imidazole rings is 1. The second-order valence-electron chi connectivity index (χ2n) is 7.27. The normalized spacial score (nSPS) is 10.6. The van der Waals surface area contributed by atoms with Crippen LogP contribution in [0, 0.1) is 13.8 Å². The Labute approximate surface area is 188 Å². The summed E-state index contributed by atoms with van der Waals surface area (Å²) in [5.74, 6) is -0.0300. The molecule has 0 unspecified atom stereocenters. The number of halogens is 1. The van der Waals surface area contributed by atoms with Crippen LogP contribution in [0.25, 0.3) is 11.0 Å². The van der Waals surface area contributed by atoms with Gasteiger partial charge in [-0.3, -0.25) is 4.79 Å². The molecule has 148 valence electrons. The van der Waals surface area contributed by atoms with Crippen molar-refractivity contribution >= 4 is 46.6 Å². The summed E-state index contributed by atoms with van der Waals surface area (Å²) in [6.45, 7) is 5.12. The Hall–Kier alpha value is -2.67. The van der Waals surface area contributed by atoms with E-state index in [0.29, 0.717) is 0 Å². The van der Waals surface area contributed by atoms with E-state index in [2.05, 4.69) is 40.2 Å². The van der Waals surface area contributed by atoms with Crippen molar-refractivity contribution in [3.8, 4) is 0 Å².